The quantitative estimate of drug-likeness (QED) is 0.383. The van der Waals surface area contributed by atoms with Crippen LogP contribution in [0.1, 0.15) is 84.0 Å². The summed E-state index contributed by atoms with van der Waals surface area (Å²) in [5.41, 5.74) is 0. The third kappa shape index (κ3) is 8.62. The number of aliphatic hydroxyl groups excluding tert-OH is 1. The zero-order chi connectivity index (χ0) is 17.8. The minimum atomic E-state index is -0.748. The summed E-state index contributed by atoms with van der Waals surface area (Å²) in [6.07, 6.45) is 13.9. The number of ketones is 1. The van der Waals surface area contributed by atoms with Gasteiger partial charge in [-0.15, -0.1) is 0 Å². The lowest BCUT2D eigenvalue weighted by Crippen LogP contribution is -2.17. The van der Waals surface area contributed by atoms with Gasteiger partial charge < -0.3 is 10.2 Å². The number of carboxylic acids is 1. The predicted octanol–water partition coefficient (Wildman–Crippen LogP) is 4.50. The number of hydrogen-bond acceptors (Lipinski definition) is 3. The molecule has 1 saturated carbocycles. The summed E-state index contributed by atoms with van der Waals surface area (Å²) in [6, 6.07) is 0. The molecule has 0 aliphatic heterocycles. The number of Topliss-reactive ketones (excluding diaryl/α,β-unsaturated/α-hetero) is 1. The minimum Gasteiger partial charge on any atom is -0.481 e. The maximum Gasteiger partial charge on any atom is 0.303 e. The molecule has 138 valence electrons. The van der Waals surface area contributed by atoms with Gasteiger partial charge in [0.25, 0.3) is 0 Å². The Morgan fingerprint density at radius 2 is 2.04 bits per heavy atom. The van der Waals surface area contributed by atoms with E-state index in [1.165, 1.54) is 0 Å². The summed E-state index contributed by atoms with van der Waals surface area (Å²) in [6.45, 7) is 2.16. The molecule has 0 aromatic carbocycles. The van der Waals surface area contributed by atoms with Crippen molar-refractivity contribution < 1.29 is 19.8 Å². The summed E-state index contributed by atoms with van der Waals surface area (Å²) in [4.78, 5) is 22.5. The molecule has 2 N–H and O–H groups in total. The lowest BCUT2D eigenvalue weighted by Gasteiger charge is -2.18. The van der Waals surface area contributed by atoms with Crippen molar-refractivity contribution in [1.82, 2.24) is 0 Å². The molecule has 1 fully saturated rings. The topological polar surface area (TPSA) is 74.6 Å². The number of unbranched alkanes of at least 4 members (excludes halogenated alkanes) is 3. The molecule has 3 atom stereocenters. The molecule has 1 aliphatic carbocycles. The van der Waals surface area contributed by atoms with Gasteiger partial charge in [-0.05, 0) is 50.9 Å². The smallest absolute Gasteiger partial charge is 0.303 e. The van der Waals surface area contributed by atoms with Crippen molar-refractivity contribution in [2.75, 3.05) is 0 Å². The van der Waals surface area contributed by atoms with E-state index in [-0.39, 0.29) is 18.4 Å². The van der Waals surface area contributed by atoms with Crippen molar-refractivity contribution in [3.8, 4) is 0 Å². The van der Waals surface area contributed by atoms with Gasteiger partial charge in [0, 0.05) is 18.8 Å². The third-order valence-corrected chi connectivity index (χ3v) is 5.06. The highest BCUT2D eigenvalue weighted by Crippen LogP contribution is 2.35. The van der Waals surface area contributed by atoms with Crippen LogP contribution in [0.5, 0.6) is 0 Å². The number of carboxylic acid groups (broad SMARTS) is 1. The normalized spacial score (nSPS) is 22.3. The van der Waals surface area contributed by atoms with E-state index in [0.717, 1.165) is 57.8 Å². The highest BCUT2D eigenvalue weighted by Gasteiger charge is 2.33. The first-order valence-corrected chi connectivity index (χ1v) is 9.62. The van der Waals surface area contributed by atoms with Crippen molar-refractivity contribution in [2.24, 2.45) is 11.8 Å². The minimum absolute atomic E-state index is 0.106. The van der Waals surface area contributed by atoms with Crippen molar-refractivity contribution in [1.29, 1.82) is 0 Å². The van der Waals surface area contributed by atoms with Crippen molar-refractivity contribution >= 4 is 11.8 Å². The zero-order valence-corrected chi connectivity index (χ0v) is 15.1. The Kier molecular flexibility index (Phi) is 10.6. The van der Waals surface area contributed by atoms with Crippen LogP contribution in [0, 0.1) is 11.8 Å². The number of aliphatic hydroxyl groups is 1. The Labute approximate surface area is 146 Å². The second-order valence-corrected chi connectivity index (χ2v) is 7.09. The molecule has 0 saturated heterocycles. The van der Waals surface area contributed by atoms with Crippen LogP contribution in [-0.4, -0.2) is 28.1 Å². The second kappa shape index (κ2) is 12.2. The fourth-order valence-corrected chi connectivity index (χ4v) is 3.56. The number of carbonyl (C=O) groups excluding carboxylic acids is 1. The molecular formula is C20H34O4. The molecule has 24 heavy (non-hydrogen) atoms. The molecular weight excluding hydrogens is 304 g/mol. The van der Waals surface area contributed by atoms with Crippen LogP contribution >= 0.6 is 0 Å². The van der Waals surface area contributed by atoms with Crippen LogP contribution < -0.4 is 0 Å². The highest BCUT2D eigenvalue weighted by atomic mass is 16.4. The molecule has 0 spiro atoms. The Balaban J connectivity index is 2.27. The Bertz CT molecular complexity index is 402. The first-order chi connectivity index (χ1) is 11.5. The number of rotatable bonds is 13. The van der Waals surface area contributed by atoms with Crippen LogP contribution in [0.2, 0.25) is 0 Å². The van der Waals surface area contributed by atoms with E-state index in [9.17, 15) is 14.7 Å². The van der Waals surface area contributed by atoms with Crippen molar-refractivity contribution in [2.45, 2.75) is 90.1 Å². The highest BCUT2D eigenvalue weighted by molar-refractivity contribution is 5.83. The van der Waals surface area contributed by atoms with E-state index >= 15 is 0 Å². The molecule has 1 rings (SSSR count). The van der Waals surface area contributed by atoms with E-state index in [2.05, 4.69) is 13.0 Å². The molecule has 0 aromatic heterocycles. The van der Waals surface area contributed by atoms with E-state index < -0.39 is 5.97 Å². The third-order valence-electron chi connectivity index (χ3n) is 5.06. The molecule has 1 unspecified atom stereocenters. The molecule has 4 nitrogen and oxygen atoms in total. The number of carbonyl (C=O) groups is 2. The van der Waals surface area contributed by atoms with E-state index in [1.54, 1.807) is 0 Å². The zero-order valence-electron chi connectivity index (χ0n) is 15.1. The molecule has 1 aliphatic rings. The molecule has 0 amide bonds. The fourth-order valence-electron chi connectivity index (χ4n) is 3.56. The summed E-state index contributed by atoms with van der Waals surface area (Å²) in [5.74, 6) is 0.118. The van der Waals surface area contributed by atoms with Gasteiger partial charge in [0.1, 0.15) is 5.78 Å². The molecule has 0 aromatic rings. The number of allylic oxidation sites excluding steroid dienone is 2. The average molecular weight is 338 g/mol. The maximum atomic E-state index is 12.1. The lowest BCUT2D eigenvalue weighted by molar-refractivity contribution is -0.137. The second-order valence-electron chi connectivity index (χ2n) is 7.09. The van der Waals surface area contributed by atoms with Gasteiger partial charge in [0.15, 0.2) is 0 Å². The standard InChI is InChI=1S/C20H34O4/c1-2-3-6-10-17(21)13-14-18-16(12-15-19(18)22)9-7-4-5-8-11-20(23)24/h4,7,16-18,21H,2-3,5-6,8-15H2,1H3,(H,23,24)/b7-4-/t16-,17-,18?/m0/s1. The van der Waals surface area contributed by atoms with E-state index in [1.807, 2.05) is 6.08 Å². The van der Waals surface area contributed by atoms with Gasteiger partial charge in [-0.2, -0.15) is 0 Å². The Hall–Kier alpha value is -1.16. The van der Waals surface area contributed by atoms with Gasteiger partial charge in [-0.1, -0.05) is 38.3 Å². The molecule has 0 heterocycles. The van der Waals surface area contributed by atoms with Gasteiger partial charge in [-0.3, -0.25) is 9.59 Å². The predicted molar refractivity (Wildman–Crippen MR) is 95.8 cm³/mol. The van der Waals surface area contributed by atoms with Gasteiger partial charge in [0.05, 0.1) is 6.10 Å². The van der Waals surface area contributed by atoms with Crippen LogP contribution in [0.15, 0.2) is 12.2 Å². The average Bonchev–Trinajstić information content (AvgIpc) is 2.89. The van der Waals surface area contributed by atoms with E-state index in [0.29, 0.717) is 24.5 Å². The largest absolute Gasteiger partial charge is 0.481 e. The van der Waals surface area contributed by atoms with Crippen molar-refractivity contribution in [3.05, 3.63) is 12.2 Å². The first-order valence-electron chi connectivity index (χ1n) is 9.62. The SMILES string of the molecule is CCCCC[C@H](O)CCC1C(=O)CC[C@@H]1C/C=C\CCCC(=O)O. The first kappa shape index (κ1) is 20.9. The van der Waals surface area contributed by atoms with Gasteiger partial charge in [0.2, 0.25) is 0 Å². The Morgan fingerprint density at radius 3 is 2.75 bits per heavy atom. The number of hydrogen-bond donors (Lipinski definition) is 2. The summed E-state index contributed by atoms with van der Waals surface area (Å²) in [7, 11) is 0. The fraction of sp³-hybridized carbons (Fsp3) is 0.800. The summed E-state index contributed by atoms with van der Waals surface area (Å²) < 4.78 is 0. The van der Waals surface area contributed by atoms with Crippen LogP contribution in [0.25, 0.3) is 0 Å². The monoisotopic (exact) mass is 338 g/mol. The van der Waals surface area contributed by atoms with Crippen LogP contribution in [0.4, 0.5) is 0 Å². The lowest BCUT2D eigenvalue weighted by atomic mass is 9.87. The molecule has 0 bridgehead atoms. The molecule has 0 radical (unpaired) electrons. The van der Waals surface area contributed by atoms with Crippen molar-refractivity contribution in [3.63, 3.8) is 0 Å². The Morgan fingerprint density at radius 1 is 1.25 bits per heavy atom. The maximum absolute atomic E-state index is 12.1. The molecule has 4 heteroatoms. The van der Waals surface area contributed by atoms with Gasteiger partial charge >= 0.3 is 5.97 Å². The van der Waals surface area contributed by atoms with Crippen LogP contribution in [-0.2, 0) is 9.59 Å². The summed E-state index contributed by atoms with van der Waals surface area (Å²) >= 11 is 0. The number of aliphatic carboxylic acids is 1. The van der Waals surface area contributed by atoms with E-state index in [4.69, 9.17) is 5.11 Å². The van der Waals surface area contributed by atoms with Crippen LogP contribution in [0.3, 0.4) is 0 Å². The summed E-state index contributed by atoms with van der Waals surface area (Å²) in [5, 5.41) is 18.6. The van der Waals surface area contributed by atoms with Gasteiger partial charge in [-0.25, -0.2) is 0 Å².